The number of nitrogens with one attached hydrogen (secondary N) is 1. The van der Waals surface area contributed by atoms with E-state index in [1.165, 1.54) is 10.5 Å². The van der Waals surface area contributed by atoms with Crippen molar-refractivity contribution in [2.24, 2.45) is 0 Å². The Labute approximate surface area is 141 Å². The molecule has 0 aromatic heterocycles. The van der Waals surface area contributed by atoms with Gasteiger partial charge in [0.1, 0.15) is 0 Å². The van der Waals surface area contributed by atoms with Gasteiger partial charge in [0.05, 0.1) is 0 Å². The average molecular weight is 340 g/mol. The van der Waals surface area contributed by atoms with E-state index in [4.69, 9.17) is 23.2 Å². The van der Waals surface area contributed by atoms with Crippen molar-refractivity contribution in [3.05, 3.63) is 63.6 Å². The van der Waals surface area contributed by atoms with Crippen molar-refractivity contribution < 1.29 is 0 Å². The van der Waals surface area contributed by atoms with Crippen molar-refractivity contribution in [3.8, 4) is 0 Å². The highest BCUT2D eigenvalue weighted by atomic mass is 35.5. The van der Waals surface area contributed by atoms with Crippen LogP contribution in [0.2, 0.25) is 10.0 Å². The standard InChI is InChI=1S/C17H19Cl2NS/c1-2-9-20-11-13-7-8-15(18)10-17(13)21-12-14-5-3-4-6-16(14)19/h3-8,10,20H,2,9,11-12H2,1H3. The first kappa shape index (κ1) is 16.7. The maximum atomic E-state index is 6.21. The third kappa shape index (κ3) is 5.23. The van der Waals surface area contributed by atoms with Gasteiger partial charge < -0.3 is 5.32 Å². The van der Waals surface area contributed by atoms with E-state index < -0.39 is 0 Å². The molecule has 2 rings (SSSR count). The lowest BCUT2D eigenvalue weighted by Gasteiger charge is -2.11. The summed E-state index contributed by atoms with van der Waals surface area (Å²) in [6.07, 6.45) is 1.13. The summed E-state index contributed by atoms with van der Waals surface area (Å²) in [7, 11) is 0. The Morgan fingerprint density at radius 3 is 2.62 bits per heavy atom. The molecule has 4 heteroatoms. The largest absolute Gasteiger partial charge is 0.313 e. The monoisotopic (exact) mass is 339 g/mol. The summed E-state index contributed by atoms with van der Waals surface area (Å²) in [5, 5.41) is 5.03. The van der Waals surface area contributed by atoms with E-state index in [1.807, 2.05) is 30.3 Å². The minimum absolute atomic E-state index is 0.774. The van der Waals surface area contributed by atoms with Crippen molar-refractivity contribution in [2.45, 2.75) is 30.5 Å². The van der Waals surface area contributed by atoms with Crippen molar-refractivity contribution >= 4 is 35.0 Å². The van der Waals surface area contributed by atoms with Crippen LogP contribution in [0.1, 0.15) is 24.5 Å². The van der Waals surface area contributed by atoms with Crippen LogP contribution >= 0.6 is 35.0 Å². The highest BCUT2D eigenvalue weighted by Crippen LogP contribution is 2.31. The van der Waals surface area contributed by atoms with E-state index in [-0.39, 0.29) is 0 Å². The Bertz CT molecular complexity index is 587. The minimum Gasteiger partial charge on any atom is -0.313 e. The van der Waals surface area contributed by atoms with Crippen LogP contribution in [-0.4, -0.2) is 6.54 Å². The van der Waals surface area contributed by atoms with Crippen LogP contribution < -0.4 is 5.32 Å². The van der Waals surface area contributed by atoms with Gasteiger partial charge in [-0.3, -0.25) is 0 Å². The number of benzene rings is 2. The predicted molar refractivity (Wildman–Crippen MR) is 94.5 cm³/mol. The molecule has 0 aliphatic carbocycles. The molecule has 1 nitrogen and oxygen atoms in total. The van der Waals surface area contributed by atoms with Crippen LogP contribution in [0.15, 0.2) is 47.4 Å². The molecular weight excluding hydrogens is 321 g/mol. The van der Waals surface area contributed by atoms with Crippen LogP contribution in [-0.2, 0) is 12.3 Å². The zero-order valence-electron chi connectivity index (χ0n) is 12.0. The van der Waals surface area contributed by atoms with Gasteiger partial charge in [-0.05, 0) is 42.3 Å². The van der Waals surface area contributed by atoms with Crippen LogP contribution in [0.25, 0.3) is 0 Å². The summed E-state index contributed by atoms with van der Waals surface area (Å²) in [6, 6.07) is 14.0. The fourth-order valence-corrected chi connectivity index (χ4v) is 3.60. The molecule has 1 N–H and O–H groups in total. The fourth-order valence-electron chi connectivity index (χ4n) is 1.98. The Morgan fingerprint density at radius 1 is 1.05 bits per heavy atom. The molecule has 112 valence electrons. The van der Waals surface area contributed by atoms with E-state index in [0.717, 1.165) is 40.9 Å². The molecule has 0 radical (unpaired) electrons. The number of thioether (sulfide) groups is 1. The van der Waals surface area contributed by atoms with E-state index >= 15 is 0 Å². The van der Waals surface area contributed by atoms with E-state index in [0.29, 0.717) is 0 Å². The SMILES string of the molecule is CCCNCc1ccc(Cl)cc1SCc1ccccc1Cl. The molecule has 0 fully saturated rings. The second-order valence-corrected chi connectivity index (χ2v) is 6.67. The average Bonchev–Trinajstić information content (AvgIpc) is 2.48. The minimum atomic E-state index is 0.774. The molecule has 0 spiro atoms. The first-order chi connectivity index (χ1) is 10.2. The maximum Gasteiger partial charge on any atom is 0.0446 e. The molecule has 21 heavy (non-hydrogen) atoms. The summed E-state index contributed by atoms with van der Waals surface area (Å²) in [5.41, 5.74) is 2.43. The Morgan fingerprint density at radius 2 is 1.86 bits per heavy atom. The smallest absolute Gasteiger partial charge is 0.0446 e. The lowest BCUT2D eigenvalue weighted by atomic mass is 10.2. The van der Waals surface area contributed by atoms with Gasteiger partial charge in [-0.2, -0.15) is 0 Å². The number of halogens is 2. The number of hydrogen-bond donors (Lipinski definition) is 1. The lowest BCUT2D eigenvalue weighted by Crippen LogP contribution is -2.14. The van der Waals surface area contributed by atoms with Gasteiger partial charge in [0.2, 0.25) is 0 Å². The first-order valence-electron chi connectivity index (χ1n) is 7.06. The molecule has 0 bridgehead atoms. The van der Waals surface area contributed by atoms with Crippen molar-refractivity contribution in [3.63, 3.8) is 0 Å². The van der Waals surface area contributed by atoms with Gasteiger partial charge in [0, 0.05) is 27.2 Å². The second-order valence-electron chi connectivity index (χ2n) is 4.81. The summed E-state index contributed by atoms with van der Waals surface area (Å²) < 4.78 is 0. The highest BCUT2D eigenvalue weighted by Gasteiger charge is 2.06. The third-order valence-corrected chi connectivity index (χ3v) is 4.86. The van der Waals surface area contributed by atoms with Crippen LogP contribution in [0.4, 0.5) is 0 Å². The third-order valence-electron chi connectivity index (χ3n) is 3.11. The molecule has 0 heterocycles. The molecule has 0 saturated heterocycles. The van der Waals surface area contributed by atoms with Gasteiger partial charge in [-0.15, -0.1) is 11.8 Å². The predicted octanol–water partition coefficient (Wildman–Crippen LogP) is 5.79. The maximum absolute atomic E-state index is 6.21. The first-order valence-corrected chi connectivity index (χ1v) is 8.80. The molecule has 0 aliphatic rings. The van der Waals surface area contributed by atoms with Gasteiger partial charge >= 0.3 is 0 Å². The number of hydrogen-bond acceptors (Lipinski definition) is 2. The fraction of sp³-hybridized carbons (Fsp3) is 0.294. The highest BCUT2D eigenvalue weighted by molar-refractivity contribution is 7.98. The topological polar surface area (TPSA) is 12.0 Å². The molecule has 2 aromatic rings. The molecular formula is C17H19Cl2NS. The van der Waals surface area contributed by atoms with Crippen LogP contribution in [0, 0.1) is 0 Å². The normalized spacial score (nSPS) is 10.8. The molecule has 2 aromatic carbocycles. The second kappa shape index (κ2) is 8.70. The summed E-state index contributed by atoms with van der Waals surface area (Å²) in [4.78, 5) is 1.21. The van der Waals surface area contributed by atoms with E-state index in [2.05, 4.69) is 24.4 Å². The quantitative estimate of drug-likeness (QED) is 0.506. The van der Waals surface area contributed by atoms with Gasteiger partial charge in [-0.1, -0.05) is 54.4 Å². The molecule has 0 saturated carbocycles. The van der Waals surface area contributed by atoms with Crippen molar-refractivity contribution in [1.82, 2.24) is 5.32 Å². The Balaban J connectivity index is 2.07. The van der Waals surface area contributed by atoms with Gasteiger partial charge in [0.15, 0.2) is 0 Å². The van der Waals surface area contributed by atoms with Gasteiger partial charge in [-0.25, -0.2) is 0 Å². The Kier molecular flexibility index (Phi) is 6.91. The van der Waals surface area contributed by atoms with Crippen LogP contribution in [0.3, 0.4) is 0 Å². The zero-order valence-corrected chi connectivity index (χ0v) is 14.4. The summed E-state index contributed by atoms with van der Waals surface area (Å²) >= 11 is 14.1. The van der Waals surface area contributed by atoms with E-state index in [1.54, 1.807) is 11.8 Å². The summed E-state index contributed by atoms with van der Waals surface area (Å²) in [6.45, 7) is 4.06. The molecule has 0 unspecified atom stereocenters. The van der Waals surface area contributed by atoms with Crippen molar-refractivity contribution in [1.29, 1.82) is 0 Å². The van der Waals surface area contributed by atoms with Crippen molar-refractivity contribution in [2.75, 3.05) is 6.54 Å². The molecule has 0 amide bonds. The zero-order chi connectivity index (χ0) is 15.1. The summed E-state index contributed by atoms with van der Waals surface area (Å²) in [5.74, 6) is 0.848. The lowest BCUT2D eigenvalue weighted by molar-refractivity contribution is 0.669. The number of rotatable bonds is 7. The molecule has 0 atom stereocenters. The molecule has 0 aliphatic heterocycles. The van der Waals surface area contributed by atoms with Crippen LogP contribution in [0.5, 0.6) is 0 Å². The Hall–Kier alpha value is -0.670. The van der Waals surface area contributed by atoms with E-state index in [9.17, 15) is 0 Å². The van der Waals surface area contributed by atoms with Gasteiger partial charge in [0.25, 0.3) is 0 Å².